The van der Waals surface area contributed by atoms with E-state index in [1.165, 1.54) is 40.2 Å². The molecule has 0 saturated heterocycles. The predicted octanol–water partition coefficient (Wildman–Crippen LogP) is 3.77. The van der Waals surface area contributed by atoms with Gasteiger partial charge in [0.05, 0.1) is 12.8 Å². The zero-order valence-electron chi connectivity index (χ0n) is 15.7. The highest BCUT2D eigenvalue weighted by Crippen LogP contribution is 2.32. The zero-order chi connectivity index (χ0) is 20.5. The van der Waals surface area contributed by atoms with Gasteiger partial charge >= 0.3 is 0 Å². The number of hydrogen-bond acceptors (Lipinski definition) is 3. The van der Waals surface area contributed by atoms with Gasteiger partial charge in [0.25, 0.3) is 0 Å². The van der Waals surface area contributed by atoms with E-state index in [9.17, 15) is 13.0 Å². The molecule has 4 rings (SSSR count). The average molecular weight is 420 g/mol. The highest BCUT2D eigenvalue weighted by Gasteiger charge is 2.24. The van der Waals surface area contributed by atoms with Gasteiger partial charge in [-0.2, -0.15) is 0 Å². The molecule has 0 atom stereocenters. The summed E-state index contributed by atoms with van der Waals surface area (Å²) in [5.74, 6) is 0. The zero-order valence-corrected chi connectivity index (χ0v) is 17.5. The first kappa shape index (κ1) is 20.9. The van der Waals surface area contributed by atoms with Gasteiger partial charge in [-0.1, -0.05) is 72.8 Å². The van der Waals surface area contributed by atoms with Crippen molar-refractivity contribution in [3.63, 3.8) is 0 Å². The Hall–Kier alpha value is -2.78. The van der Waals surface area contributed by atoms with Gasteiger partial charge < -0.3 is 4.55 Å². The van der Waals surface area contributed by atoms with E-state index in [2.05, 4.69) is 91.0 Å². The van der Waals surface area contributed by atoms with E-state index in [-0.39, 0.29) is 4.90 Å². The molecule has 0 unspecified atom stereocenters. The Morgan fingerprint density at radius 2 is 0.759 bits per heavy atom. The molecule has 0 amide bonds. The van der Waals surface area contributed by atoms with Gasteiger partial charge in [-0.25, -0.2) is 8.42 Å². The first-order valence-electron chi connectivity index (χ1n) is 9.10. The van der Waals surface area contributed by atoms with E-state index in [0.29, 0.717) is 0 Å². The molecule has 0 radical (unpaired) electrons. The summed E-state index contributed by atoms with van der Waals surface area (Å²) in [4.78, 5) is -0.185. The molecule has 0 bridgehead atoms. The lowest BCUT2D eigenvalue weighted by atomic mass is 10.4. The van der Waals surface area contributed by atoms with E-state index >= 15 is 0 Å². The van der Waals surface area contributed by atoms with Crippen molar-refractivity contribution in [2.24, 2.45) is 0 Å². The molecule has 0 aromatic heterocycles. The van der Waals surface area contributed by atoms with Crippen LogP contribution in [0.1, 0.15) is 0 Å². The quantitative estimate of drug-likeness (QED) is 0.373. The van der Waals surface area contributed by atoms with Crippen LogP contribution >= 0.6 is 7.92 Å². The van der Waals surface area contributed by atoms with Gasteiger partial charge in [-0.3, -0.25) is 0 Å². The molecule has 0 heterocycles. The number of benzene rings is 4. The topological polar surface area (TPSA) is 57.2 Å². The van der Waals surface area contributed by atoms with Gasteiger partial charge in [0, 0.05) is 0 Å². The van der Waals surface area contributed by atoms with Gasteiger partial charge in [0.2, 0.25) is 0 Å². The van der Waals surface area contributed by atoms with Crippen LogP contribution in [0.4, 0.5) is 0 Å². The third kappa shape index (κ3) is 6.10. The largest absolute Gasteiger partial charge is 0.744 e. The Kier molecular flexibility index (Phi) is 7.31. The standard InChI is InChI=1S/C18H15P.C6H6O3S/c1-4-10-16(11-5-1)19(17-12-6-2-7-13-17)18-14-8-3-9-15-18;7-10(8,9)6-4-2-1-3-5-6/h1-15H;1-5H,(H,7,8,9). The lowest BCUT2D eigenvalue weighted by Crippen LogP contribution is -2.20. The molecule has 4 aromatic carbocycles. The van der Waals surface area contributed by atoms with Crippen molar-refractivity contribution in [1.29, 1.82) is 0 Å². The minimum atomic E-state index is -4.25. The fourth-order valence-corrected chi connectivity index (χ4v) is 5.97. The summed E-state index contributed by atoms with van der Waals surface area (Å²) in [6.07, 6.45) is 0. The average Bonchev–Trinajstić information content (AvgIpc) is 2.77. The van der Waals surface area contributed by atoms with Crippen molar-refractivity contribution < 1.29 is 13.0 Å². The van der Waals surface area contributed by atoms with Crippen LogP contribution in [0.2, 0.25) is 0 Å². The van der Waals surface area contributed by atoms with Crippen molar-refractivity contribution in [3.05, 3.63) is 121 Å². The van der Waals surface area contributed by atoms with Crippen LogP contribution in [0.15, 0.2) is 126 Å². The molecule has 146 valence electrons. The number of hydrogen-bond donors (Lipinski definition) is 0. The summed E-state index contributed by atoms with van der Waals surface area (Å²) in [5.41, 5.74) is 0. The fourth-order valence-electron chi connectivity index (χ4n) is 2.90. The smallest absolute Gasteiger partial charge is 0.124 e. The summed E-state index contributed by atoms with van der Waals surface area (Å²) in [7, 11) is -5.13. The Labute approximate surface area is 173 Å². The minimum absolute atomic E-state index is 0.185. The van der Waals surface area contributed by atoms with Crippen molar-refractivity contribution >= 4 is 34.0 Å². The van der Waals surface area contributed by atoms with E-state index in [0.717, 1.165) is 0 Å². The van der Waals surface area contributed by atoms with Crippen LogP contribution in [-0.2, 0) is 10.1 Å². The molecule has 0 aliphatic heterocycles. The van der Waals surface area contributed by atoms with Crippen molar-refractivity contribution in [2.45, 2.75) is 4.90 Å². The molecule has 0 spiro atoms. The molecule has 4 aromatic rings. The molecule has 0 aliphatic carbocycles. The molecule has 0 aliphatic rings. The minimum Gasteiger partial charge on any atom is -0.744 e. The Bertz CT molecular complexity index is 1010. The van der Waals surface area contributed by atoms with Gasteiger partial charge in [-0.05, 0) is 48.5 Å². The molecule has 0 fully saturated rings. The van der Waals surface area contributed by atoms with Crippen LogP contribution < -0.4 is 15.9 Å². The highest BCUT2D eigenvalue weighted by molar-refractivity contribution is 7.85. The Balaban J connectivity index is 0.000000204. The summed E-state index contributed by atoms with van der Waals surface area (Å²) in [5, 5.41) is 4.31. The van der Waals surface area contributed by atoms with Gasteiger partial charge in [0.1, 0.15) is 26.0 Å². The summed E-state index contributed by atoms with van der Waals surface area (Å²) < 4.78 is 30.8. The van der Waals surface area contributed by atoms with Gasteiger partial charge in [-0.15, -0.1) is 0 Å². The molecule has 0 saturated carbocycles. The maximum atomic E-state index is 10.3. The van der Waals surface area contributed by atoms with E-state index in [1.807, 2.05) is 0 Å². The molecular weight excluding hydrogens is 399 g/mol. The molecule has 5 heteroatoms. The van der Waals surface area contributed by atoms with E-state index in [1.54, 1.807) is 6.07 Å². The van der Waals surface area contributed by atoms with Crippen LogP contribution in [-0.4, -0.2) is 13.0 Å². The Morgan fingerprint density at radius 3 is 1.00 bits per heavy atom. The summed E-state index contributed by atoms with van der Waals surface area (Å²) in [6.45, 7) is 0. The van der Waals surface area contributed by atoms with Crippen LogP contribution in [0, 0.1) is 0 Å². The van der Waals surface area contributed by atoms with Crippen molar-refractivity contribution in [3.8, 4) is 0 Å². The molecule has 29 heavy (non-hydrogen) atoms. The second-order valence-electron chi connectivity index (χ2n) is 6.24. The van der Waals surface area contributed by atoms with Crippen molar-refractivity contribution in [1.82, 2.24) is 0 Å². The van der Waals surface area contributed by atoms with Crippen LogP contribution in [0.5, 0.6) is 0 Å². The molecule has 3 nitrogen and oxygen atoms in total. The second-order valence-corrected chi connectivity index (χ2v) is 10.1. The van der Waals surface area contributed by atoms with E-state index in [4.69, 9.17) is 0 Å². The van der Waals surface area contributed by atoms with Crippen LogP contribution in [0.25, 0.3) is 0 Å². The highest BCUT2D eigenvalue weighted by atomic mass is 32.2. The first-order valence-corrected chi connectivity index (χ1v) is 12.0. The van der Waals surface area contributed by atoms with E-state index < -0.39 is 18.0 Å². The fraction of sp³-hybridized carbons (Fsp3) is 0. The lowest BCUT2D eigenvalue weighted by molar-refractivity contribution is 0.463. The molecule has 0 N–H and O–H groups in total. The Morgan fingerprint density at radius 1 is 0.483 bits per heavy atom. The normalized spacial score (nSPS) is 10.8. The molecular formula is C24H21O3PS. The summed E-state index contributed by atoms with van der Waals surface area (Å²) >= 11 is 0. The maximum Gasteiger partial charge on any atom is 0.124 e. The number of rotatable bonds is 4. The lowest BCUT2D eigenvalue weighted by Gasteiger charge is -2.10. The van der Waals surface area contributed by atoms with Crippen molar-refractivity contribution in [2.75, 3.05) is 0 Å². The maximum absolute atomic E-state index is 10.3. The second kappa shape index (κ2) is 10.1. The monoisotopic (exact) mass is 420 g/mol. The SMILES string of the molecule is O=S(=O)([O-])c1ccccc1.c1ccc([PH+](c2ccccc2)c2ccccc2)cc1. The summed E-state index contributed by atoms with van der Waals surface area (Å²) in [6, 6.07) is 39.7. The first-order chi connectivity index (χ1) is 14.1. The van der Waals surface area contributed by atoms with Crippen LogP contribution in [0.3, 0.4) is 0 Å². The predicted molar refractivity (Wildman–Crippen MR) is 121 cm³/mol. The third-order valence-corrected chi connectivity index (χ3v) is 7.80. The third-order valence-electron chi connectivity index (χ3n) is 4.22. The van der Waals surface area contributed by atoms with Gasteiger partial charge in [0.15, 0.2) is 0 Å².